The first-order chi connectivity index (χ1) is 8.56. The van der Waals surface area contributed by atoms with E-state index in [1.165, 1.54) is 17.7 Å². The minimum Gasteiger partial charge on any atom is -0.384 e. The van der Waals surface area contributed by atoms with E-state index in [1.807, 2.05) is 6.07 Å². The molecule has 1 fully saturated rings. The van der Waals surface area contributed by atoms with E-state index in [2.05, 4.69) is 10.3 Å². The summed E-state index contributed by atoms with van der Waals surface area (Å²) in [4.78, 5) is 17.4. The first-order valence-corrected chi connectivity index (χ1v) is 6.18. The van der Waals surface area contributed by atoms with Crippen LogP contribution in [0.25, 0.3) is 0 Å². The summed E-state index contributed by atoms with van der Waals surface area (Å²) in [6.45, 7) is 1.58. The van der Waals surface area contributed by atoms with Crippen molar-refractivity contribution in [2.45, 2.75) is 12.8 Å². The zero-order valence-electron chi connectivity index (χ0n) is 10.9. The highest BCUT2D eigenvalue weighted by molar-refractivity contribution is 5.92. The highest BCUT2D eigenvalue weighted by atomic mass is 16.2. The Balaban J connectivity index is 2.01. The molecule has 0 unspecified atom stereocenters. The fraction of sp³-hybridized carbons (Fsp3) is 0.538. The number of pyridine rings is 1. The van der Waals surface area contributed by atoms with E-state index in [-0.39, 0.29) is 11.3 Å². The van der Waals surface area contributed by atoms with Gasteiger partial charge in [0.15, 0.2) is 0 Å². The Bertz CT molecular complexity index is 440. The van der Waals surface area contributed by atoms with Crippen molar-refractivity contribution in [3.05, 3.63) is 24.0 Å². The zero-order valence-corrected chi connectivity index (χ0v) is 10.9. The van der Waals surface area contributed by atoms with Crippen LogP contribution in [0.15, 0.2) is 18.3 Å². The van der Waals surface area contributed by atoms with Crippen LogP contribution in [0, 0.1) is 5.41 Å². The second-order valence-electron chi connectivity index (χ2n) is 5.19. The minimum absolute atomic E-state index is 0.0846. The molecule has 18 heavy (non-hydrogen) atoms. The molecule has 3 N–H and O–H groups in total. The number of anilines is 1. The summed E-state index contributed by atoms with van der Waals surface area (Å²) in [6.07, 6.45) is 4.03. The molecule has 1 heterocycles. The number of rotatable bonds is 5. The SMILES string of the molecule is CN(C)C(=O)c1cc(NCC2(CN)CC2)ccn1. The van der Waals surface area contributed by atoms with Gasteiger partial charge in [0, 0.05) is 32.5 Å². The van der Waals surface area contributed by atoms with Gasteiger partial charge in [0.05, 0.1) is 0 Å². The van der Waals surface area contributed by atoms with Gasteiger partial charge in [0.2, 0.25) is 0 Å². The van der Waals surface area contributed by atoms with Crippen LogP contribution in [0.1, 0.15) is 23.3 Å². The molecule has 1 aromatic heterocycles. The molecule has 0 spiro atoms. The van der Waals surface area contributed by atoms with Gasteiger partial charge < -0.3 is 16.0 Å². The van der Waals surface area contributed by atoms with Crippen molar-refractivity contribution in [3.8, 4) is 0 Å². The van der Waals surface area contributed by atoms with Gasteiger partial charge in [0.25, 0.3) is 5.91 Å². The van der Waals surface area contributed by atoms with Crippen LogP contribution in [0.5, 0.6) is 0 Å². The first kappa shape index (κ1) is 12.8. The van der Waals surface area contributed by atoms with Crippen LogP contribution in [-0.4, -0.2) is 43.0 Å². The van der Waals surface area contributed by atoms with Crippen LogP contribution >= 0.6 is 0 Å². The van der Waals surface area contributed by atoms with Crippen LogP contribution < -0.4 is 11.1 Å². The monoisotopic (exact) mass is 248 g/mol. The van der Waals surface area contributed by atoms with E-state index in [4.69, 9.17) is 5.73 Å². The van der Waals surface area contributed by atoms with Crippen LogP contribution in [0.4, 0.5) is 5.69 Å². The van der Waals surface area contributed by atoms with Crippen molar-refractivity contribution < 1.29 is 4.79 Å². The van der Waals surface area contributed by atoms with E-state index >= 15 is 0 Å². The topological polar surface area (TPSA) is 71.2 Å². The van der Waals surface area contributed by atoms with Gasteiger partial charge in [-0.3, -0.25) is 9.78 Å². The average Bonchev–Trinajstić information content (AvgIpc) is 3.16. The summed E-state index contributed by atoms with van der Waals surface area (Å²) in [5.41, 5.74) is 7.40. The van der Waals surface area contributed by atoms with Crippen LogP contribution in [0.2, 0.25) is 0 Å². The molecule has 0 aromatic carbocycles. The normalized spacial score (nSPS) is 16.2. The van der Waals surface area contributed by atoms with Crippen molar-refractivity contribution in [1.82, 2.24) is 9.88 Å². The lowest BCUT2D eigenvalue weighted by molar-refractivity contribution is 0.0822. The van der Waals surface area contributed by atoms with E-state index < -0.39 is 0 Å². The number of carbonyl (C=O) groups is 1. The molecule has 1 aliphatic rings. The standard InChI is InChI=1S/C13H20N4O/c1-17(2)12(18)11-7-10(3-6-15-11)16-9-13(8-14)4-5-13/h3,6-7H,4-5,8-9,14H2,1-2H3,(H,15,16). The number of amides is 1. The van der Waals surface area contributed by atoms with Gasteiger partial charge >= 0.3 is 0 Å². The Labute approximate surface area is 107 Å². The van der Waals surface area contributed by atoms with Crippen molar-refractivity contribution in [1.29, 1.82) is 0 Å². The van der Waals surface area contributed by atoms with Gasteiger partial charge in [-0.05, 0) is 36.9 Å². The van der Waals surface area contributed by atoms with E-state index in [9.17, 15) is 4.79 Å². The molecule has 98 valence electrons. The molecule has 0 radical (unpaired) electrons. The van der Waals surface area contributed by atoms with E-state index in [1.54, 1.807) is 26.4 Å². The Morgan fingerprint density at radius 1 is 1.56 bits per heavy atom. The van der Waals surface area contributed by atoms with Crippen LogP contribution in [0.3, 0.4) is 0 Å². The van der Waals surface area contributed by atoms with E-state index in [0.717, 1.165) is 12.2 Å². The largest absolute Gasteiger partial charge is 0.384 e. The fourth-order valence-electron chi connectivity index (χ4n) is 1.81. The maximum atomic E-state index is 11.8. The summed E-state index contributed by atoms with van der Waals surface area (Å²) >= 11 is 0. The van der Waals surface area contributed by atoms with Crippen molar-refractivity contribution in [2.75, 3.05) is 32.5 Å². The predicted molar refractivity (Wildman–Crippen MR) is 71.5 cm³/mol. The van der Waals surface area contributed by atoms with E-state index in [0.29, 0.717) is 12.2 Å². The second kappa shape index (κ2) is 4.94. The number of nitrogens with two attached hydrogens (primary N) is 1. The highest BCUT2D eigenvalue weighted by Gasteiger charge is 2.40. The van der Waals surface area contributed by atoms with Gasteiger partial charge in [-0.15, -0.1) is 0 Å². The second-order valence-corrected chi connectivity index (χ2v) is 5.19. The van der Waals surface area contributed by atoms with Gasteiger partial charge in [0.1, 0.15) is 5.69 Å². The smallest absolute Gasteiger partial charge is 0.272 e. The number of hydrogen-bond donors (Lipinski definition) is 2. The first-order valence-electron chi connectivity index (χ1n) is 6.18. The molecule has 2 rings (SSSR count). The molecule has 5 heteroatoms. The minimum atomic E-state index is -0.0846. The van der Waals surface area contributed by atoms with Gasteiger partial charge in [-0.1, -0.05) is 0 Å². The molecule has 1 aromatic rings. The molecule has 1 saturated carbocycles. The Hall–Kier alpha value is -1.62. The number of hydrogen-bond acceptors (Lipinski definition) is 4. The Kier molecular flexibility index (Phi) is 3.52. The third-order valence-corrected chi connectivity index (χ3v) is 3.44. The molecule has 1 aliphatic carbocycles. The molecular weight excluding hydrogens is 228 g/mol. The maximum absolute atomic E-state index is 11.8. The maximum Gasteiger partial charge on any atom is 0.272 e. The fourth-order valence-corrected chi connectivity index (χ4v) is 1.81. The summed E-state index contributed by atoms with van der Waals surface area (Å²) in [7, 11) is 3.44. The molecule has 0 atom stereocenters. The number of nitrogens with zero attached hydrogens (tertiary/aromatic N) is 2. The number of aromatic nitrogens is 1. The summed E-state index contributed by atoms with van der Waals surface area (Å²) in [5, 5.41) is 3.34. The molecule has 0 bridgehead atoms. The van der Waals surface area contributed by atoms with Crippen molar-refractivity contribution in [2.24, 2.45) is 11.1 Å². The molecule has 0 saturated heterocycles. The molecule has 0 aliphatic heterocycles. The van der Waals surface area contributed by atoms with Gasteiger partial charge in [-0.2, -0.15) is 0 Å². The Morgan fingerprint density at radius 3 is 2.83 bits per heavy atom. The van der Waals surface area contributed by atoms with Crippen molar-refractivity contribution >= 4 is 11.6 Å². The molecular formula is C13H20N4O. The lowest BCUT2D eigenvalue weighted by Gasteiger charge is -2.15. The zero-order chi connectivity index (χ0) is 13.2. The Morgan fingerprint density at radius 2 is 2.28 bits per heavy atom. The lowest BCUT2D eigenvalue weighted by atomic mass is 10.1. The van der Waals surface area contributed by atoms with Crippen LogP contribution in [-0.2, 0) is 0 Å². The predicted octanol–water partition coefficient (Wildman–Crippen LogP) is 0.934. The molecule has 1 amide bonds. The third kappa shape index (κ3) is 2.79. The summed E-state index contributed by atoms with van der Waals surface area (Å²) < 4.78 is 0. The van der Waals surface area contributed by atoms with Gasteiger partial charge in [-0.25, -0.2) is 0 Å². The molecule has 5 nitrogen and oxygen atoms in total. The number of carbonyl (C=O) groups excluding carboxylic acids is 1. The third-order valence-electron chi connectivity index (χ3n) is 3.44. The highest BCUT2D eigenvalue weighted by Crippen LogP contribution is 2.44. The lowest BCUT2D eigenvalue weighted by Crippen LogP contribution is -2.25. The number of nitrogens with one attached hydrogen (secondary N) is 1. The summed E-state index contributed by atoms with van der Waals surface area (Å²) in [5.74, 6) is -0.0846. The van der Waals surface area contributed by atoms with Crippen molar-refractivity contribution in [3.63, 3.8) is 0 Å². The quantitative estimate of drug-likeness (QED) is 0.813. The summed E-state index contributed by atoms with van der Waals surface area (Å²) in [6, 6.07) is 3.66. The average molecular weight is 248 g/mol.